The number of nitrogens with zero attached hydrogens (tertiary/aromatic N) is 1. The first-order valence-electron chi connectivity index (χ1n) is 4.08. The van der Waals surface area contributed by atoms with Crippen LogP contribution in [0.15, 0.2) is 0 Å². The van der Waals surface area contributed by atoms with E-state index in [0.29, 0.717) is 0 Å². The Kier molecular flexibility index (Phi) is 4.62. The van der Waals surface area contributed by atoms with Gasteiger partial charge in [-0.15, -0.1) is 11.8 Å². The molecule has 0 bridgehead atoms. The van der Waals surface area contributed by atoms with E-state index in [9.17, 15) is 4.79 Å². The minimum Gasteiger partial charge on any atom is -0.465 e. The Hall–Kier alpha value is -1.48. The molecule has 0 aromatic carbocycles. The van der Waals surface area contributed by atoms with Crippen LogP contribution in [0.1, 0.15) is 27.2 Å². The molecule has 0 aliphatic rings. The number of carbonyl (C=O) groups is 1. The summed E-state index contributed by atoms with van der Waals surface area (Å²) in [6, 6.07) is 1.92. The van der Waals surface area contributed by atoms with Gasteiger partial charge in [-0.1, -0.05) is 0 Å². The second-order valence-electron chi connectivity index (χ2n) is 2.77. The lowest BCUT2D eigenvalue weighted by molar-refractivity contribution is -0.150. The van der Waals surface area contributed by atoms with Crippen LogP contribution in [0, 0.1) is 28.6 Å². The number of nitriles is 1. The monoisotopic (exact) mass is 179 g/mol. The Bertz CT molecular complexity index is 280. The maximum absolute atomic E-state index is 11.3. The zero-order valence-electron chi connectivity index (χ0n) is 8.18. The van der Waals surface area contributed by atoms with Crippen molar-refractivity contribution in [1.82, 2.24) is 0 Å². The van der Waals surface area contributed by atoms with Gasteiger partial charge in [-0.05, 0) is 20.8 Å². The largest absolute Gasteiger partial charge is 0.465 e. The van der Waals surface area contributed by atoms with Crippen molar-refractivity contribution >= 4 is 5.97 Å². The van der Waals surface area contributed by atoms with E-state index in [2.05, 4.69) is 11.8 Å². The van der Waals surface area contributed by atoms with Gasteiger partial charge in [0, 0.05) is 6.42 Å². The summed E-state index contributed by atoms with van der Waals surface area (Å²) in [6.07, 6.45) is 0.221. The van der Waals surface area contributed by atoms with Crippen molar-refractivity contribution in [2.24, 2.45) is 5.41 Å². The van der Waals surface area contributed by atoms with Crippen molar-refractivity contribution in [2.75, 3.05) is 6.61 Å². The number of esters is 1. The van der Waals surface area contributed by atoms with Crippen LogP contribution in [0.25, 0.3) is 0 Å². The number of hydrogen-bond donors (Lipinski definition) is 0. The average molecular weight is 179 g/mol. The van der Waals surface area contributed by atoms with Gasteiger partial charge in [-0.25, -0.2) is 0 Å². The molecule has 70 valence electrons. The number of rotatable bonds is 3. The third kappa shape index (κ3) is 3.17. The van der Waals surface area contributed by atoms with Crippen molar-refractivity contribution < 1.29 is 9.53 Å². The molecule has 0 aromatic heterocycles. The molecular weight excluding hydrogens is 166 g/mol. The van der Waals surface area contributed by atoms with Gasteiger partial charge in [0.25, 0.3) is 0 Å². The number of ether oxygens (including phenoxy) is 1. The van der Waals surface area contributed by atoms with Gasteiger partial charge in [0.15, 0.2) is 5.41 Å². The Morgan fingerprint density at radius 1 is 1.62 bits per heavy atom. The molecule has 3 heteroatoms. The first-order valence-corrected chi connectivity index (χ1v) is 4.08. The van der Waals surface area contributed by atoms with E-state index in [1.165, 1.54) is 6.92 Å². The van der Waals surface area contributed by atoms with Crippen molar-refractivity contribution in [2.45, 2.75) is 27.2 Å². The quantitative estimate of drug-likeness (QED) is 0.487. The highest BCUT2D eigenvalue weighted by atomic mass is 16.5. The van der Waals surface area contributed by atoms with E-state index in [-0.39, 0.29) is 13.0 Å². The average Bonchev–Trinajstić information content (AvgIpc) is 2.14. The molecule has 0 aliphatic heterocycles. The van der Waals surface area contributed by atoms with E-state index >= 15 is 0 Å². The van der Waals surface area contributed by atoms with Gasteiger partial charge in [0.1, 0.15) is 0 Å². The maximum Gasteiger partial charge on any atom is 0.327 e. The van der Waals surface area contributed by atoms with Crippen LogP contribution in [0.4, 0.5) is 0 Å². The summed E-state index contributed by atoms with van der Waals surface area (Å²) in [5.74, 6) is 4.85. The third-order valence-corrected chi connectivity index (χ3v) is 1.59. The molecule has 0 radical (unpaired) electrons. The molecule has 0 aromatic rings. The van der Waals surface area contributed by atoms with Gasteiger partial charge < -0.3 is 4.74 Å². The smallest absolute Gasteiger partial charge is 0.327 e. The van der Waals surface area contributed by atoms with Crippen molar-refractivity contribution in [3.8, 4) is 17.9 Å². The van der Waals surface area contributed by atoms with Crippen molar-refractivity contribution in [1.29, 1.82) is 5.26 Å². The van der Waals surface area contributed by atoms with Crippen LogP contribution in [-0.2, 0) is 9.53 Å². The van der Waals surface area contributed by atoms with Gasteiger partial charge in [-0.3, -0.25) is 4.79 Å². The highest BCUT2D eigenvalue weighted by Crippen LogP contribution is 2.21. The molecule has 1 unspecified atom stereocenters. The van der Waals surface area contributed by atoms with E-state index < -0.39 is 11.4 Å². The van der Waals surface area contributed by atoms with Gasteiger partial charge >= 0.3 is 5.97 Å². The van der Waals surface area contributed by atoms with Crippen LogP contribution >= 0.6 is 0 Å². The van der Waals surface area contributed by atoms with E-state index in [4.69, 9.17) is 10.00 Å². The predicted molar refractivity (Wildman–Crippen MR) is 48.4 cm³/mol. The SMILES string of the molecule is CC#CCC(C)(C#N)C(=O)OCC. The zero-order chi connectivity index (χ0) is 10.3. The van der Waals surface area contributed by atoms with E-state index in [0.717, 1.165) is 0 Å². The maximum atomic E-state index is 11.3. The molecule has 0 N–H and O–H groups in total. The molecule has 0 spiro atoms. The minimum atomic E-state index is -1.13. The second kappa shape index (κ2) is 5.22. The lowest BCUT2D eigenvalue weighted by atomic mass is 9.89. The first kappa shape index (κ1) is 11.5. The molecule has 0 fully saturated rings. The molecule has 3 nitrogen and oxygen atoms in total. The molecular formula is C10H13NO2. The van der Waals surface area contributed by atoms with Crippen molar-refractivity contribution in [3.05, 3.63) is 0 Å². The fourth-order valence-corrected chi connectivity index (χ4v) is 0.713. The molecule has 0 saturated carbocycles. The van der Waals surface area contributed by atoms with Crippen LogP contribution < -0.4 is 0 Å². The molecule has 0 heterocycles. The van der Waals surface area contributed by atoms with Gasteiger partial charge in [-0.2, -0.15) is 5.26 Å². The van der Waals surface area contributed by atoms with Gasteiger partial charge in [0.05, 0.1) is 12.7 Å². The van der Waals surface area contributed by atoms with Crippen LogP contribution in [0.3, 0.4) is 0 Å². The Labute approximate surface area is 78.7 Å². The number of carbonyl (C=O) groups excluding carboxylic acids is 1. The Morgan fingerprint density at radius 2 is 2.23 bits per heavy atom. The van der Waals surface area contributed by atoms with Gasteiger partial charge in [0.2, 0.25) is 0 Å². The molecule has 0 saturated heterocycles. The van der Waals surface area contributed by atoms with E-state index in [1.807, 2.05) is 6.07 Å². The third-order valence-electron chi connectivity index (χ3n) is 1.59. The molecule has 13 heavy (non-hydrogen) atoms. The Balaban J connectivity index is 4.51. The first-order chi connectivity index (χ1) is 6.10. The fraction of sp³-hybridized carbons (Fsp3) is 0.600. The second-order valence-corrected chi connectivity index (χ2v) is 2.77. The predicted octanol–water partition coefficient (Wildman–Crippen LogP) is 1.49. The topological polar surface area (TPSA) is 50.1 Å². The summed E-state index contributed by atoms with van der Waals surface area (Å²) < 4.78 is 4.77. The number of hydrogen-bond acceptors (Lipinski definition) is 3. The highest BCUT2D eigenvalue weighted by Gasteiger charge is 2.33. The minimum absolute atomic E-state index is 0.221. The molecule has 0 amide bonds. The summed E-state index contributed by atoms with van der Waals surface area (Å²) in [5.41, 5.74) is -1.13. The highest BCUT2D eigenvalue weighted by molar-refractivity contribution is 5.79. The summed E-state index contributed by atoms with van der Waals surface area (Å²) in [5, 5.41) is 8.79. The molecule has 0 rings (SSSR count). The summed E-state index contributed by atoms with van der Waals surface area (Å²) in [6.45, 7) is 5.20. The van der Waals surface area contributed by atoms with Crippen LogP contribution in [-0.4, -0.2) is 12.6 Å². The normalized spacial score (nSPS) is 13.1. The van der Waals surface area contributed by atoms with Crippen LogP contribution in [0.5, 0.6) is 0 Å². The van der Waals surface area contributed by atoms with Crippen LogP contribution in [0.2, 0.25) is 0 Å². The molecule has 0 aliphatic carbocycles. The Morgan fingerprint density at radius 3 is 2.62 bits per heavy atom. The summed E-state index contributed by atoms with van der Waals surface area (Å²) in [4.78, 5) is 11.3. The summed E-state index contributed by atoms with van der Waals surface area (Å²) >= 11 is 0. The fourth-order valence-electron chi connectivity index (χ4n) is 0.713. The molecule has 1 atom stereocenters. The zero-order valence-corrected chi connectivity index (χ0v) is 8.18. The summed E-state index contributed by atoms with van der Waals surface area (Å²) in [7, 11) is 0. The standard InChI is InChI=1S/C10H13NO2/c1-4-6-7-10(3,8-11)9(12)13-5-2/h5,7H2,1-3H3. The lowest BCUT2D eigenvalue weighted by Crippen LogP contribution is -2.27. The van der Waals surface area contributed by atoms with E-state index in [1.54, 1.807) is 13.8 Å². The van der Waals surface area contributed by atoms with Crippen molar-refractivity contribution in [3.63, 3.8) is 0 Å². The lowest BCUT2D eigenvalue weighted by Gasteiger charge is -2.15.